The standard InChI is InChI=1S/C15H18N2O/c1-15(8-7-11(18)9-15)10-14-16-12-5-3-4-6-13(12)17(14)2/h3-6H,7-10H2,1-2H3. The Balaban J connectivity index is 1.95. The molecule has 1 atom stereocenters. The van der Waals surface area contributed by atoms with E-state index in [0.717, 1.165) is 30.6 Å². The average Bonchev–Trinajstić information content (AvgIpc) is 2.82. The summed E-state index contributed by atoms with van der Waals surface area (Å²) in [5, 5.41) is 0. The molecule has 1 aromatic carbocycles. The topological polar surface area (TPSA) is 34.9 Å². The van der Waals surface area contributed by atoms with Gasteiger partial charge in [-0.2, -0.15) is 0 Å². The van der Waals surface area contributed by atoms with Gasteiger partial charge < -0.3 is 4.57 Å². The van der Waals surface area contributed by atoms with Gasteiger partial charge in [-0.3, -0.25) is 4.79 Å². The Labute approximate surface area is 107 Å². The number of fused-ring (bicyclic) bond motifs is 1. The molecule has 1 aliphatic rings. The first-order valence-corrected chi connectivity index (χ1v) is 6.49. The Morgan fingerprint density at radius 1 is 1.39 bits per heavy atom. The van der Waals surface area contributed by atoms with Crippen molar-refractivity contribution in [2.45, 2.75) is 32.6 Å². The van der Waals surface area contributed by atoms with Crippen LogP contribution in [0.3, 0.4) is 0 Å². The van der Waals surface area contributed by atoms with E-state index in [1.807, 2.05) is 18.2 Å². The molecule has 18 heavy (non-hydrogen) atoms. The molecular weight excluding hydrogens is 224 g/mol. The lowest BCUT2D eigenvalue weighted by molar-refractivity contribution is -0.117. The lowest BCUT2D eigenvalue weighted by atomic mass is 9.85. The van der Waals surface area contributed by atoms with Crippen molar-refractivity contribution in [2.24, 2.45) is 12.5 Å². The van der Waals surface area contributed by atoms with Crippen LogP contribution in [0.5, 0.6) is 0 Å². The highest BCUT2D eigenvalue weighted by atomic mass is 16.1. The molecular formula is C15H18N2O. The van der Waals surface area contributed by atoms with E-state index in [0.29, 0.717) is 12.2 Å². The molecule has 0 aliphatic heterocycles. The van der Waals surface area contributed by atoms with Crippen LogP contribution in [0, 0.1) is 5.41 Å². The van der Waals surface area contributed by atoms with Crippen LogP contribution in [0.2, 0.25) is 0 Å². The highest BCUT2D eigenvalue weighted by Gasteiger charge is 2.35. The van der Waals surface area contributed by atoms with E-state index in [4.69, 9.17) is 4.98 Å². The molecule has 0 spiro atoms. The van der Waals surface area contributed by atoms with Gasteiger partial charge in [-0.05, 0) is 24.0 Å². The van der Waals surface area contributed by atoms with Crippen molar-refractivity contribution in [3.8, 4) is 0 Å². The van der Waals surface area contributed by atoms with Crippen LogP contribution in [-0.4, -0.2) is 15.3 Å². The van der Waals surface area contributed by atoms with Crippen LogP contribution in [0.25, 0.3) is 11.0 Å². The second-order valence-corrected chi connectivity index (χ2v) is 5.78. The number of hydrogen-bond donors (Lipinski definition) is 0. The van der Waals surface area contributed by atoms with Gasteiger partial charge in [0, 0.05) is 26.3 Å². The molecule has 0 amide bonds. The summed E-state index contributed by atoms with van der Waals surface area (Å²) in [5.41, 5.74) is 2.31. The number of ketones is 1. The smallest absolute Gasteiger partial charge is 0.133 e. The second kappa shape index (κ2) is 3.94. The highest BCUT2D eigenvalue weighted by molar-refractivity contribution is 5.81. The van der Waals surface area contributed by atoms with Gasteiger partial charge in [0.15, 0.2) is 0 Å². The summed E-state index contributed by atoms with van der Waals surface area (Å²) >= 11 is 0. The van der Waals surface area contributed by atoms with E-state index >= 15 is 0 Å². The molecule has 1 saturated carbocycles. The lowest BCUT2D eigenvalue weighted by Crippen LogP contribution is -2.18. The molecule has 0 radical (unpaired) electrons. The van der Waals surface area contributed by atoms with Gasteiger partial charge in [0.1, 0.15) is 11.6 Å². The Morgan fingerprint density at radius 3 is 2.83 bits per heavy atom. The summed E-state index contributed by atoms with van der Waals surface area (Å²) in [4.78, 5) is 16.2. The van der Waals surface area contributed by atoms with E-state index in [1.165, 1.54) is 5.52 Å². The molecule has 1 fully saturated rings. The highest BCUT2D eigenvalue weighted by Crippen LogP contribution is 2.38. The molecule has 0 bridgehead atoms. The van der Waals surface area contributed by atoms with Crippen molar-refractivity contribution in [3.63, 3.8) is 0 Å². The second-order valence-electron chi connectivity index (χ2n) is 5.78. The van der Waals surface area contributed by atoms with Gasteiger partial charge >= 0.3 is 0 Å². The first-order chi connectivity index (χ1) is 8.57. The van der Waals surface area contributed by atoms with Crippen LogP contribution in [0.15, 0.2) is 24.3 Å². The molecule has 1 aliphatic carbocycles. The number of Topliss-reactive ketones (excluding diaryl/α,β-unsaturated/α-hetero) is 1. The predicted molar refractivity (Wildman–Crippen MR) is 71.4 cm³/mol. The number of carbonyl (C=O) groups is 1. The van der Waals surface area contributed by atoms with Gasteiger partial charge in [-0.25, -0.2) is 4.98 Å². The zero-order chi connectivity index (χ0) is 12.8. The number of imidazole rings is 1. The molecule has 3 nitrogen and oxygen atoms in total. The zero-order valence-electron chi connectivity index (χ0n) is 10.9. The fourth-order valence-corrected chi connectivity index (χ4v) is 2.98. The Hall–Kier alpha value is -1.64. The predicted octanol–water partition coefficient (Wildman–Crippen LogP) is 2.88. The number of hydrogen-bond acceptors (Lipinski definition) is 2. The quantitative estimate of drug-likeness (QED) is 0.811. The van der Waals surface area contributed by atoms with Gasteiger partial charge in [-0.15, -0.1) is 0 Å². The first-order valence-electron chi connectivity index (χ1n) is 6.49. The molecule has 1 unspecified atom stereocenters. The number of benzene rings is 1. The Kier molecular flexibility index (Phi) is 2.51. The average molecular weight is 242 g/mol. The van der Waals surface area contributed by atoms with Gasteiger partial charge in [-0.1, -0.05) is 19.1 Å². The first kappa shape index (κ1) is 11.5. The number of para-hydroxylation sites is 2. The molecule has 3 rings (SSSR count). The molecule has 0 N–H and O–H groups in total. The monoisotopic (exact) mass is 242 g/mol. The maximum atomic E-state index is 11.5. The summed E-state index contributed by atoms with van der Waals surface area (Å²) in [7, 11) is 2.06. The van der Waals surface area contributed by atoms with E-state index < -0.39 is 0 Å². The third kappa shape index (κ3) is 1.84. The summed E-state index contributed by atoms with van der Waals surface area (Å²) in [6, 6.07) is 8.18. The van der Waals surface area contributed by atoms with Crippen molar-refractivity contribution in [2.75, 3.05) is 0 Å². The van der Waals surface area contributed by atoms with Crippen LogP contribution in [0.4, 0.5) is 0 Å². The SMILES string of the molecule is Cn1c(CC2(C)CCC(=O)C2)nc2ccccc21. The van der Waals surface area contributed by atoms with Crippen LogP contribution < -0.4 is 0 Å². The van der Waals surface area contributed by atoms with Crippen LogP contribution in [-0.2, 0) is 18.3 Å². The van der Waals surface area contributed by atoms with Crippen LogP contribution >= 0.6 is 0 Å². The maximum absolute atomic E-state index is 11.5. The fourth-order valence-electron chi connectivity index (χ4n) is 2.98. The van der Waals surface area contributed by atoms with Crippen molar-refractivity contribution in [1.29, 1.82) is 0 Å². The van der Waals surface area contributed by atoms with Gasteiger partial charge in [0.05, 0.1) is 11.0 Å². The number of aryl methyl sites for hydroxylation is 1. The molecule has 0 saturated heterocycles. The Morgan fingerprint density at radius 2 is 2.17 bits per heavy atom. The summed E-state index contributed by atoms with van der Waals surface area (Å²) in [6.45, 7) is 2.21. The van der Waals surface area contributed by atoms with Crippen molar-refractivity contribution < 1.29 is 4.79 Å². The van der Waals surface area contributed by atoms with E-state index in [1.54, 1.807) is 0 Å². The third-order valence-corrected chi connectivity index (χ3v) is 4.10. The largest absolute Gasteiger partial charge is 0.331 e. The minimum Gasteiger partial charge on any atom is -0.331 e. The van der Waals surface area contributed by atoms with E-state index in [2.05, 4.69) is 24.6 Å². The van der Waals surface area contributed by atoms with Gasteiger partial charge in [0.2, 0.25) is 0 Å². The maximum Gasteiger partial charge on any atom is 0.133 e. The number of rotatable bonds is 2. The number of carbonyl (C=O) groups excluding carboxylic acids is 1. The minimum absolute atomic E-state index is 0.103. The van der Waals surface area contributed by atoms with Gasteiger partial charge in [0.25, 0.3) is 0 Å². The lowest BCUT2D eigenvalue weighted by Gasteiger charge is -2.21. The molecule has 2 aromatic rings. The number of nitrogens with zero attached hydrogens (tertiary/aromatic N) is 2. The third-order valence-electron chi connectivity index (χ3n) is 4.10. The number of aromatic nitrogens is 2. The summed E-state index contributed by atoms with van der Waals surface area (Å²) in [5.74, 6) is 1.49. The molecule has 94 valence electrons. The van der Waals surface area contributed by atoms with Crippen molar-refractivity contribution >= 4 is 16.8 Å². The molecule has 1 aromatic heterocycles. The Bertz CT molecular complexity index is 614. The van der Waals surface area contributed by atoms with Crippen LogP contribution in [0.1, 0.15) is 32.0 Å². The van der Waals surface area contributed by atoms with E-state index in [9.17, 15) is 4.79 Å². The van der Waals surface area contributed by atoms with Crippen molar-refractivity contribution in [3.05, 3.63) is 30.1 Å². The van der Waals surface area contributed by atoms with E-state index in [-0.39, 0.29) is 5.41 Å². The minimum atomic E-state index is 0.103. The summed E-state index contributed by atoms with van der Waals surface area (Å²) in [6.07, 6.45) is 3.33. The van der Waals surface area contributed by atoms with Crippen molar-refractivity contribution in [1.82, 2.24) is 9.55 Å². The fraction of sp³-hybridized carbons (Fsp3) is 0.467. The molecule has 3 heteroatoms. The molecule has 1 heterocycles. The normalized spacial score (nSPS) is 24.0. The zero-order valence-corrected chi connectivity index (χ0v) is 10.9. The summed E-state index contributed by atoms with van der Waals surface area (Å²) < 4.78 is 2.16.